The molecule has 0 atom stereocenters. The van der Waals surface area contributed by atoms with Gasteiger partial charge in [0.25, 0.3) is 11.8 Å². The summed E-state index contributed by atoms with van der Waals surface area (Å²) in [5.41, 5.74) is 3.39. The lowest BCUT2D eigenvalue weighted by atomic mass is 10.1. The Labute approximate surface area is 193 Å². The van der Waals surface area contributed by atoms with Gasteiger partial charge in [-0.05, 0) is 79.2 Å². The molecule has 2 amide bonds. The molecule has 166 valence electrons. The molecule has 6 nitrogen and oxygen atoms in total. The van der Waals surface area contributed by atoms with Crippen molar-refractivity contribution in [2.24, 2.45) is 0 Å². The maximum atomic E-state index is 13.1. The Kier molecular flexibility index (Phi) is 5.81. The third kappa shape index (κ3) is 4.46. The molecule has 1 aliphatic heterocycles. The van der Waals surface area contributed by atoms with Gasteiger partial charge in [-0.1, -0.05) is 0 Å². The van der Waals surface area contributed by atoms with Crippen molar-refractivity contribution in [3.8, 4) is 11.4 Å². The van der Waals surface area contributed by atoms with E-state index in [9.17, 15) is 9.59 Å². The van der Waals surface area contributed by atoms with Gasteiger partial charge in [-0.25, -0.2) is 0 Å². The van der Waals surface area contributed by atoms with Gasteiger partial charge in [0.05, 0.1) is 0 Å². The molecule has 0 unspecified atom stereocenters. The fraction of sp³-hybridized carbons (Fsp3) is 0.185. The lowest BCUT2D eigenvalue weighted by molar-refractivity contribution is 0.0719. The average Bonchev–Trinajstić information content (AvgIpc) is 3.55. The minimum absolute atomic E-state index is 0.0134. The van der Waals surface area contributed by atoms with Gasteiger partial charge in [0.2, 0.25) is 0 Å². The zero-order valence-corrected chi connectivity index (χ0v) is 18.4. The van der Waals surface area contributed by atoms with E-state index < -0.39 is 0 Å². The summed E-state index contributed by atoms with van der Waals surface area (Å²) in [5, 5.41) is 0. The summed E-state index contributed by atoms with van der Waals surface area (Å²) in [7, 11) is 0. The van der Waals surface area contributed by atoms with Gasteiger partial charge in [0.1, 0.15) is 0 Å². The Morgan fingerprint density at radius 3 is 1.24 bits per heavy atom. The first-order valence-corrected chi connectivity index (χ1v) is 11.2. The quantitative estimate of drug-likeness (QED) is 0.478. The van der Waals surface area contributed by atoms with Crippen molar-refractivity contribution in [1.29, 1.82) is 0 Å². The Balaban J connectivity index is 1.22. The first-order chi connectivity index (χ1) is 16.2. The Morgan fingerprint density at radius 2 is 0.879 bits per heavy atom. The Hall–Kier alpha value is -4.06. The van der Waals surface area contributed by atoms with Crippen LogP contribution in [0.5, 0.6) is 0 Å². The molecule has 2 aromatic heterocycles. The largest absolute Gasteiger partial charge is 0.337 e. The normalized spacial score (nSPS) is 14.2. The maximum absolute atomic E-state index is 13.1. The fourth-order valence-electron chi connectivity index (χ4n) is 4.25. The lowest BCUT2D eigenvalue weighted by Gasteiger charge is -2.22. The summed E-state index contributed by atoms with van der Waals surface area (Å²) < 4.78 is 4.02. The number of hydrogen-bond donors (Lipinski definition) is 0. The lowest BCUT2D eigenvalue weighted by Crippen LogP contribution is -2.37. The second kappa shape index (κ2) is 9.20. The molecule has 1 fully saturated rings. The van der Waals surface area contributed by atoms with Gasteiger partial charge >= 0.3 is 0 Å². The van der Waals surface area contributed by atoms with E-state index in [-0.39, 0.29) is 11.8 Å². The van der Waals surface area contributed by atoms with Gasteiger partial charge in [-0.15, -0.1) is 0 Å². The monoisotopic (exact) mass is 438 g/mol. The minimum Gasteiger partial charge on any atom is -0.337 e. The third-order valence-electron chi connectivity index (χ3n) is 6.10. The van der Waals surface area contributed by atoms with E-state index in [1.54, 1.807) is 0 Å². The molecule has 5 rings (SSSR count). The number of rotatable bonds is 4. The van der Waals surface area contributed by atoms with Crippen molar-refractivity contribution in [3.05, 3.63) is 109 Å². The summed E-state index contributed by atoms with van der Waals surface area (Å²) in [4.78, 5) is 29.8. The van der Waals surface area contributed by atoms with Crippen molar-refractivity contribution in [1.82, 2.24) is 18.9 Å². The molecule has 0 aliphatic carbocycles. The smallest absolute Gasteiger partial charge is 0.253 e. The number of nitrogens with zero attached hydrogens (tertiary/aromatic N) is 4. The van der Waals surface area contributed by atoms with E-state index in [2.05, 4.69) is 0 Å². The first kappa shape index (κ1) is 20.8. The Morgan fingerprint density at radius 1 is 0.515 bits per heavy atom. The highest BCUT2D eigenvalue weighted by Crippen LogP contribution is 2.16. The predicted octanol–water partition coefficient (Wildman–Crippen LogP) is 4.26. The fourth-order valence-corrected chi connectivity index (χ4v) is 4.25. The molecule has 0 N–H and O–H groups in total. The highest BCUT2D eigenvalue weighted by molar-refractivity contribution is 5.95. The van der Waals surface area contributed by atoms with E-state index in [1.807, 2.05) is 117 Å². The van der Waals surface area contributed by atoms with Crippen molar-refractivity contribution in [2.45, 2.75) is 6.42 Å². The number of carbonyl (C=O) groups is 2. The zero-order chi connectivity index (χ0) is 22.6. The SMILES string of the molecule is O=C(c1ccc(-n2cccc2)cc1)N1CCCN(C(=O)c2ccc(-n3cccc3)cc2)CC1. The van der Waals surface area contributed by atoms with E-state index >= 15 is 0 Å². The minimum atomic E-state index is 0.0134. The number of hydrogen-bond acceptors (Lipinski definition) is 2. The van der Waals surface area contributed by atoms with Gasteiger partial charge in [0, 0.05) is 73.5 Å². The molecular weight excluding hydrogens is 412 g/mol. The van der Waals surface area contributed by atoms with Crippen LogP contribution in [0.25, 0.3) is 11.4 Å². The van der Waals surface area contributed by atoms with Crippen LogP contribution in [0.4, 0.5) is 0 Å². The summed E-state index contributed by atoms with van der Waals surface area (Å²) in [6, 6.07) is 23.2. The van der Waals surface area contributed by atoms with Gasteiger partial charge < -0.3 is 18.9 Å². The third-order valence-corrected chi connectivity index (χ3v) is 6.10. The van der Waals surface area contributed by atoms with Crippen molar-refractivity contribution in [2.75, 3.05) is 26.2 Å². The van der Waals surface area contributed by atoms with Gasteiger partial charge in [-0.2, -0.15) is 0 Å². The maximum Gasteiger partial charge on any atom is 0.253 e. The van der Waals surface area contributed by atoms with Crippen LogP contribution in [0, 0.1) is 0 Å². The number of aromatic nitrogens is 2. The summed E-state index contributed by atoms with van der Waals surface area (Å²) in [6.45, 7) is 2.36. The van der Waals surface area contributed by atoms with Crippen molar-refractivity contribution >= 4 is 11.8 Å². The van der Waals surface area contributed by atoms with Crippen LogP contribution in [-0.4, -0.2) is 56.9 Å². The second-order valence-corrected chi connectivity index (χ2v) is 8.21. The Bertz CT molecular complexity index is 1110. The molecule has 33 heavy (non-hydrogen) atoms. The highest BCUT2D eigenvalue weighted by Gasteiger charge is 2.23. The van der Waals surface area contributed by atoms with Crippen LogP contribution in [0.2, 0.25) is 0 Å². The number of benzene rings is 2. The molecule has 0 bridgehead atoms. The molecular formula is C27H26N4O2. The molecule has 1 saturated heterocycles. The predicted molar refractivity (Wildman–Crippen MR) is 128 cm³/mol. The molecule has 0 radical (unpaired) electrons. The number of amides is 2. The van der Waals surface area contributed by atoms with E-state index in [0.717, 1.165) is 17.8 Å². The van der Waals surface area contributed by atoms with Crippen LogP contribution in [-0.2, 0) is 0 Å². The average molecular weight is 439 g/mol. The second-order valence-electron chi connectivity index (χ2n) is 8.21. The van der Waals surface area contributed by atoms with E-state index in [4.69, 9.17) is 0 Å². The van der Waals surface area contributed by atoms with Crippen LogP contribution < -0.4 is 0 Å². The molecule has 0 spiro atoms. The highest BCUT2D eigenvalue weighted by atomic mass is 16.2. The van der Waals surface area contributed by atoms with Gasteiger partial charge in [-0.3, -0.25) is 9.59 Å². The molecule has 2 aromatic carbocycles. The summed E-state index contributed by atoms with van der Waals surface area (Å²) in [5.74, 6) is 0.0267. The van der Waals surface area contributed by atoms with Gasteiger partial charge in [0.15, 0.2) is 0 Å². The zero-order valence-electron chi connectivity index (χ0n) is 18.4. The molecule has 6 heteroatoms. The van der Waals surface area contributed by atoms with Crippen LogP contribution in [0.1, 0.15) is 27.1 Å². The van der Waals surface area contributed by atoms with Crippen molar-refractivity contribution in [3.63, 3.8) is 0 Å². The van der Waals surface area contributed by atoms with Crippen LogP contribution >= 0.6 is 0 Å². The van der Waals surface area contributed by atoms with E-state index in [0.29, 0.717) is 37.3 Å². The van der Waals surface area contributed by atoms with Crippen molar-refractivity contribution < 1.29 is 9.59 Å². The molecule has 0 saturated carbocycles. The first-order valence-electron chi connectivity index (χ1n) is 11.2. The summed E-state index contributed by atoms with van der Waals surface area (Å²) in [6.07, 6.45) is 8.67. The van der Waals surface area contributed by atoms with Crippen LogP contribution in [0.3, 0.4) is 0 Å². The molecule has 1 aliphatic rings. The molecule has 3 heterocycles. The van der Waals surface area contributed by atoms with E-state index in [1.165, 1.54) is 0 Å². The molecule has 4 aromatic rings. The number of carbonyl (C=O) groups excluding carboxylic acids is 2. The summed E-state index contributed by atoms with van der Waals surface area (Å²) >= 11 is 0. The standard InChI is InChI=1S/C27H26N4O2/c32-26(22-6-10-24(11-7-22)28-14-1-2-15-28)30-18-5-19-31(21-20-30)27(33)23-8-12-25(13-9-23)29-16-3-4-17-29/h1-4,6-17H,5,18-21H2. The topological polar surface area (TPSA) is 50.5 Å². The van der Waals surface area contributed by atoms with Crippen LogP contribution in [0.15, 0.2) is 97.6 Å².